The molecular weight excluding hydrogens is 184 g/mol. The number of hydrogen-bond acceptors (Lipinski definition) is 5. The molecule has 0 atom stereocenters. The topological polar surface area (TPSA) is 55.0 Å². The fourth-order valence-electron chi connectivity index (χ4n) is 1.41. The van der Waals surface area contributed by atoms with Crippen LogP contribution in [0.15, 0.2) is 18.7 Å². The number of nitrogens with two attached hydrogens (primary N) is 1. The monoisotopic (exact) mass is 196 g/mol. The number of nitrogens with zero attached hydrogens (tertiary/aromatic N) is 3. The van der Waals surface area contributed by atoms with Gasteiger partial charge in [0.2, 0.25) is 0 Å². The van der Waals surface area contributed by atoms with E-state index in [1.54, 1.807) is 6.33 Å². The van der Waals surface area contributed by atoms with Gasteiger partial charge in [0, 0.05) is 42.8 Å². The van der Waals surface area contributed by atoms with Crippen molar-refractivity contribution in [1.29, 1.82) is 0 Å². The van der Waals surface area contributed by atoms with Gasteiger partial charge in [-0.1, -0.05) is 11.9 Å². The molecule has 0 unspecified atom stereocenters. The van der Waals surface area contributed by atoms with Crippen LogP contribution in [0.1, 0.15) is 5.56 Å². The summed E-state index contributed by atoms with van der Waals surface area (Å²) in [6, 6.07) is 0. The van der Waals surface area contributed by atoms with Gasteiger partial charge < -0.3 is 0 Å². The Hall–Kier alpha value is -0.650. The Morgan fingerprint density at radius 2 is 2.15 bits per heavy atom. The maximum absolute atomic E-state index is 5.45. The van der Waals surface area contributed by atoms with Crippen LogP contribution in [0.4, 0.5) is 0 Å². The Morgan fingerprint density at radius 3 is 2.77 bits per heavy atom. The maximum Gasteiger partial charge on any atom is 0.115 e. The highest BCUT2D eigenvalue weighted by atomic mass is 32.2. The largest absolute Gasteiger partial charge is 0.297 e. The van der Waals surface area contributed by atoms with Crippen LogP contribution in [0.5, 0.6) is 0 Å². The molecule has 2 heterocycles. The summed E-state index contributed by atoms with van der Waals surface area (Å²) in [6.07, 6.45) is 5.27. The standard InChI is InChI=1S/C8H12N4S/c9-13-8-4-12(5-8)3-7-1-10-6-11-2-7/h1-2,6,8H,3-5,9H2. The van der Waals surface area contributed by atoms with E-state index >= 15 is 0 Å². The molecule has 1 aromatic heterocycles. The highest BCUT2D eigenvalue weighted by molar-refractivity contribution is 7.97. The van der Waals surface area contributed by atoms with Crippen molar-refractivity contribution in [2.75, 3.05) is 13.1 Å². The quantitative estimate of drug-likeness (QED) is 0.703. The molecule has 0 bridgehead atoms. The molecule has 1 saturated heterocycles. The molecule has 0 radical (unpaired) electrons. The van der Waals surface area contributed by atoms with E-state index in [1.807, 2.05) is 12.4 Å². The first-order valence-corrected chi connectivity index (χ1v) is 5.14. The minimum Gasteiger partial charge on any atom is -0.297 e. The van der Waals surface area contributed by atoms with Crippen molar-refractivity contribution in [1.82, 2.24) is 14.9 Å². The van der Waals surface area contributed by atoms with Gasteiger partial charge in [-0.25, -0.2) is 9.97 Å². The van der Waals surface area contributed by atoms with Gasteiger partial charge in [0.05, 0.1) is 0 Å². The molecule has 0 amide bonds. The van der Waals surface area contributed by atoms with E-state index in [0.29, 0.717) is 5.25 Å². The van der Waals surface area contributed by atoms with Gasteiger partial charge in [0.25, 0.3) is 0 Å². The number of aromatic nitrogens is 2. The van der Waals surface area contributed by atoms with Crippen molar-refractivity contribution >= 4 is 11.9 Å². The van der Waals surface area contributed by atoms with E-state index < -0.39 is 0 Å². The Morgan fingerprint density at radius 1 is 1.46 bits per heavy atom. The summed E-state index contributed by atoms with van der Waals surface area (Å²) in [5.41, 5.74) is 1.17. The zero-order valence-electron chi connectivity index (χ0n) is 7.26. The van der Waals surface area contributed by atoms with E-state index in [-0.39, 0.29) is 0 Å². The Labute approximate surface area is 81.7 Å². The minimum absolute atomic E-state index is 0.615. The lowest BCUT2D eigenvalue weighted by atomic mass is 10.2. The van der Waals surface area contributed by atoms with Crippen LogP contribution in [-0.4, -0.2) is 33.2 Å². The number of likely N-dealkylation sites (tertiary alicyclic amines) is 1. The molecule has 0 aromatic carbocycles. The van der Waals surface area contributed by atoms with Crippen LogP contribution in [0.3, 0.4) is 0 Å². The summed E-state index contributed by atoms with van der Waals surface area (Å²) < 4.78 is 0. The normalized spacial score (nSPS) is 18.5. The van der Waals surface area contributed by atoms with Crippen LogP contribution in [0, 0.1) is 0 Å². The van der Waals surface area contributed by atoms with Crippen LogP contribution in [0.2, 0.25) is 0 Å². The third-order valence-corrected chi connectivity index (χ3v) is 2.82. The molecule has 0 aliphatic carbocycles. The van der Waals surface area contributed by atoms with Gasteiger partial charge in [-0.15, -0.1) is 0 Å². The predicted octanol–water partition coefficient (Wildman–Crippen LogP) is 0.268. The van der Waals surface area contributed by atoms with Crippen molar-refractivity contribution in [2.24, 2.45) is 5.14 Å². The van der Waals surface area contributed by atoms with Gasteiger partial charge in [-0.05, 0) is 0 Å². The summed E-state index contributed by atoms with van der Waals surface area (Å²) in [5, 5.41) is 6.07. The molecule has 1 aliphatic heterocycles. The first-order valence-electron chi connectivity index (χ1n) is 4.20. The molecule has 1 fully saturated rings. The fourth-order valence-corrected chi connectivity index (χ4v) is 2.00. The van der Waals surface area contributed by atoms with E-state index in [1.165, 1.54) is 17.5 Å². The van der Waals surface area contributed by atoms with Gasteiger partial charge in [-0.2, -0.15) is 0 Å². The van der Waals surface area contributed by atoms with Crippen molar-refractivity contribution in [3.05, 3.63) is 24.3 Å². The summed E-state index contributed by atoms with van der Waals surface area (Å²) >= 11 is 1.45. The first kappa shape index (κ1) is 8.93. The fraction of sp³-hybridized carbons (Fsp3) is 0.500. The summed E-state index contributed by atoms with van der Waals surface area (Å²) in [6.45, 7) is 3.10. The second kappa shape index (κ2) is 4.04. The molecular formula is C8H12N4S. The highest BCUT2D eigenvalue weighted by Crippen LogP contribution is 2.19. The van der Waals surface area contributed by atoms with Crippen LogP contribution in [-0.2, 0) is 6.54 Å². The van der Waals surface area contributed by atoms with Crippen molar-refractivity contribution in [3.63, 3.8) is 0 Å². The molecule has 4 nitrogen and oxygen atoms in total. The zero-order chi connectivity index (χ0) is 9.10. The van der Waals surface area contributed by atoms with Crippen LogP contribution < -0.4 is 5.14 Å². The first-order chi connectivity index (χ1) is 6.38. The third kappa shape index (κ3) is 2.18. The molecule has 2 N–H and O–H groups in total. The summed E-state index contributed by atoms with van der Waals surface area (Å²) in [7, 11) is 0. The highest BCUT2D eigenvalue weighted by Gasteiger charge is 2.25. The molecule has 70 valence electrons. The Balaban J connectivity index is 1.81. The van der Waals surface area contributed by atoms with E-state index in [2.05, 4.69) is 14.9 Å². The molecule has 2 rings (SSSR count). The maximum atomic E-state index is 5.45. The zero-order valence-corrected chi connectivity index (χ0v) is 8.07. The molecule has 1 aliphatic rings. The van der Waals surface area contributed by atoms with Crippen molar-refractivity contribution < 1.29 is 0 Å². The lowest BCUT2D eigenvalue weighted by Crippen LogP contribution is -2.48. The summed E-state index contributed by atoms with van der Waals surface area (Å²) in [5.74, 6) is 0. The predicted molar refractivity (Wildman–Crippen MR) is 52.9 cm³/mol. The average Bonchev–Trinajstić information content (AvgIpc) is 2.12. The summed E-state index contributed by atoms with van der Waals surface area (Å²) in [4.78, 5) is 10.3. The Bertz CT molecular complexity index is 260. The third-order valence-electron chi connectivity index (χ3n) is 2.14. The smallest absolute Gasteiger partial charge is 0.115 e. The van der Waals surface area contributed by atoms with Gasteiger partial charge in [0.1, 0.15) is 6.33 Å². The number of hydrogen-bond donors (Lipinski definition) is 1. The van der Waals surface area contributed by atoms with Gasteiger partial charge >= 0.3 is 0 Å². The Kier molecular flexibility index (Phi) is 2.77. The van der Waals surface area contributed by atoms with E-state index in [4.69, 9.17) is 5.14 Å². The molecule has 13 heavy (non-hydrogen) atoms. The molecule has 5 heteroatoms. The lowest BCUT2D eigenvalue weighted by molar-refractivity contribution is 0.181. The van der Waals surface area contributed by atoms with E-state index in [9.17, 15) is 0 Å². The molecule has 1 aromatic rings. The van der Waals surface area contributed by atoms with Crippen molar-refractivity contribution in [2.45, 2.75) is 11.8 Å². The van der Waals surface area contributed by atoms with E-state index in [0.717, 1.165) is 19.6 Å². The molecule has 0 saturated carbocycles. The SMILES string of the molecule is NSC1CN(Cc2cncnc2)C1. The number of rotatable bonds is 3. The van der Waals surface area contributed by atoms with Gasteiger partial charge in [-0.3, -0.25) is 10.0 Å². The molecule has 0 spiro atoms. The van der Waals surface area contributed by atoms with Gasteiger partial charge in [0.15, 0.2) is 0 Å². The van der Waals surface area contributed by atoms with Crippen molar-refractivity contribution in [3.8, 4) is 0 Å². The lowest BCUT2D eigenvalue weighted by Gasteiger charge is -2.37. The van der Waals surface area contributed by atoms with Crippen LogP contribution >= 0.6 is 11.9 Å². The minimum atomic E-state index is 0.615. The van der Waals surface area contributed by atoms with Crippen LogP contribution in [0.25, 0.3) is 0 Å². The second-order valence-corrected chi connectivity index (χ2v) is 4.14. The second-order valence-electron chi connectivity index (χ2n) is 3.20. The average molecular weight is 196 g/mol.